The summed E-state index contributed by atoms with van der Waals surface area (Å²) in [6, 6.07) is 2.72. The number of likely N-dealkylation sites (N-methyl/N-ethyl adjacent to an activating group) is 2. The van der Waals surface area contributed by atoms with Crippen LogP contribution in [0.15, 0.2) is 18.2 Å². The number of aliphatic hydroxyl groups is 1. The number of aliphatic hydroxyl groups excluding tert-OH is 1. The molecule has 4 rings (SSSR count). The van der Waals surface area contributed by atoms with Gasteiger partial charge in [0.05, 0.1) is 31.0 Å². The van der Waals surface area contributed by atoms with E-state index in [0.717, 1.165) is 19.2 Å². The van der Waals surface area contributed by atoms with Crippen molar-refractivity contribution in [3.63, 3.8) is 0 Å². The lowest BCUT2D eigenvalue weighted by atomic mass is 9.99. The van der Waals surface area contributed by atoms with Crippen LogP contribution in [-0.2, 0) is 14.2 Å². The van der Waals surface area contributed by atoms with Crippen LogP contribution in [0.1, 0.15) is 0 Å². The minimum Gasteiger partial charge on any atom is -0.447 e. The number of ether oxygens (including phenoxy) is 3. The zero-order chi connectivity index (χ0) is 24.2. The highest BCUT2D eigenvalue weighted by Crippen LogP contribution is 2.26. The summed E-state index contributed by atoms with van der Waals surface area (Å²) in [4.78, 5) is 20.4. The Hall–Kier alpha value is -2.05. The zero-order valence-electron chi connectivity index (χ0n) is 19.7. The van der Waals surface area contributed by atoms with E-state index in [2.05, 4.69) is 9.80 Å². The summed E-state index contributed by atoms with van der Waals surface area (Å²) in [5.74, 6) is -1.34. The fraction of sp³-hybridized carbons (Fsp3) is 0.696. The van der Waals surface area contributed by atoms with Gasteiger partial charge in [-0.1, -0.05) is 0 Å². The fourth-order valence-electron chi connectivity index (χ4n) is 4.77. The molecule has 0 spiro atoms. The quantitative estimate of drug-likeness (QED) is 0.652. The molecule has 3 fully saturated rings. The van der Waals surface area contributed by atoms with E-state index in [1.165, 1.54) is 17.0 Å². The molecule has 0 aromatic heterocycles. The predicted octanol–water partition coefficient (Wildman–Crippen LogP) is 0.614. The largest absolute Gasteiger partial charge is 0.447 e. The number of carbonyl (C=O) groups excluding carboxylic acids is 1. The van der Waals surface area contributed by atoms with E-state index in [-0.39, 0.29) is 31.5 Å². The minimum atomic E-state index is -1.02. The molecule has 0 aliphatic carbocycles. The molecule has 0 saturated carbocycles. The standard InChI is InChI=1S/C23H34F2N4O5/c1-26-7-9-32-17(12-26)15-34-23(31)29-6-5-28(19-4-3-16(24)11-18(19)25)13-20(29)22(30)21-14-27(2)8-10-33-21/h3-4,11,17,20-22,30H,5-10,12-15H2,1-2H3/t17-,20?,21-,22?/m1/s1. The average molecular weight is 485 g/mol. The van der Waals surface area contributed by atoms with Gasteiger partial charge in [0.15, 0.2) is 0 Å². The molecule has 4 atom stereocenters. The van der Waals surface area contributed by atoms with E-state index in [1.54, 1.807) is 4.90 Å². The Bertz CT molecular complexity index is 850. The Morgan fingerprint density at radius 1 is 1.09 bits per heavy atom. The molecule has 1 amide bonds. The summed E-state index contributed by atoms with van der Waals surface area (Å²) in [6.45, 7) is 4.60. The maximum absolute atomic E-state index is 14.5. The second kappa shape index (κ2) is 11.1. The lowest BCUT2D eigenvalue weighted by Crippen LogP contribution is -2.64. The predicted molar refractivity (Wildman–Crippen MR) is 121 cm³/mol. The number of nitrogens with zero attached hydrogens (tertiary/aromatic N) is 4. The van der Waals surface area contributed by atoms with E-state index in [1.807, 2.05) is 14.1 Å². The van der Waals surface area contributed by atoms with Crippen molar-refractivity contribution in [2.45, 2.75) is 24.4 Å². The minimum absolute atomic E-state index is 0.113. The van der Waals surface area contributed by atoms with E-state index >= 15 is 0 Å². The SMILES string of the molecule is CN1CCO[C@@H](COC(=O)N2CCN(c3ccc(F)cc3F)CC2C(O)[C@H]2CN(C)CCO2)C1. The summed E-state index contributed by atoms with van der Waals surface area (Å²) >= 11 is 0. The Kier molecular flexibility index (Phi) is 8.20. The monoisotopic (exact) mass is 484 g/mol. The number of amides is 1. The number of rotatable bonds is 5. The Morgan fingerprint density at radius 3 is 2.53 bits per heavy atom. The van der Waals surface area contributed by atoms with Gasteiger partial charge in [-0.2, -0.15) is 0 Å². The van der Waals surface area contributed by atoms with Crippen LogP contribution in [0.5, 0.6) is 0 Å². The van der Waals surface area contributed by atoms with Gasteiger partial charge in [0.1, 0.15) is 30.4 Å². The van der Waals surface area contributed by atoms with E-state index in [0.29, 0.717) is 32.8 Å². The third-order valence-electron chi connectivity index (χ3n) is 6.71. The van der Waals surface area contributed by atoms with Crippen LogP contribution < -0.4 is 4.90 Å². The van der Waals surface area contributed by atoms with Crippen molar-refractivity contribution in [3.05, 3.63) is 29.8 Å². The van der Waals surface area contributed by atoms with Crippen molar-refractivity contribution in [1.29, 1.82) is 0 Å². The third-order valence-corrected chi connectivity index (χ3v) is 6.71. The fourth-order valence-corrected chi connectivity index (χ4v) is 4.77. The molecule has 34 heavy (non-hydrogen) atoms. The molecule has 3 saturated heterocycles. The smallest absolute Gasteiger partial charge is 0.410 e. The van der Waals surface area contributed by atoms with Gasteiger partial charge in [0.2, 0.25) is 0 Å². The summed E-state index contributed by atoms with van der Waals surface area (Å²) in [5, 5.41) is 11.3. The number of hydrogen-bond donors (Lipinski definition) is 1. The van der Waals surface area contributed by atoms with Gasteiger partial charge >= 0.3 is 6.09 Å². The van der Waals surface area contributed by atoms with Gasteiger partial charge in [-0.3, -0.25) is 4.90 Å². The Balaban J connectivity index is 1.48. The first kappa shape index (κ1) is 25.1. The zero-order valence-corrected chi connectivity index (χ0v) is 19.7. The topological polar surface area (TPSA) is 78.0 Å². The molecule has 190 valence electrons. The Labute approximate surface area is 198 Å². The van der Waals surface area contributed by atoms with E-state index < -0.39 is 36.0 Å². The molecular formula is C23H34F2N4O5. The molecule has 3 aliphatic heterocycles. The highest BCUT2D eigenvalue weighted by atomic mass is 19.1. The van der Waals surface area contributed by atoms with Gasteiger partial charge < -0.3 is 34.0 Å². The maximum Gasteiger partial charge on any atom is 0.410 e. The third kappa shape index (κ3) is 5.95. The Morgan fingerprint density at radius 2 is 1.82 bits per heavy atom. The van der Waals surface area contributed by atoms with Crippen molar-refractivity contribution >= 4 is 11.8 Å². The molecule has 1 N–H and O–H groups in total. The molecule has 0 radical (unpaired) electrons. The van der Waals surface area contributed by atoms with Gasteiger partial charge in [0.25, 0.3) is 0 Å². The second-order valence-corrected chi connectivity index (χ2v) is 9.30. The molecule has 0 bridgehead atoms. The van der Waals surface area contributed by atoms with Crippen LogP contribution >= 0.6 is 0 Å². The summed E-state index contributed by atoms with van der Waals surface area (Å²) in [5.41, 5.74) is 0.229. The first-order chi connectivity index (χ1) is 16.3. The molecule has 2 unspecified atom stereocenters. The number of carbonyl (C=O) groups is 1. The molecule has 1 aromatic carbocycles. The van der Waals surface area contributed by atoms with E-state index in [9.17, 15) is 18.7 Å². The first-order valence-corrected chi connectivity index (χ1v) is 11.7. The number of anilines is 1. The maximum atomic E-state index is 14.5. The summed E-state index contributed by atoms with van der Waals surface area (Å²) in [6.07, 6.45) is -2.29. The van der Waals surface area contributed by atoms with Crippen LogP contribution in [0.2, 0.25) is 0 Å². The van der Waals surface area contributed by atoms with Crippen molar-refractivity contribution < 1.29 is 32.9 Å². The highest BCUT2D eigenvalue weighted by molar-refractivity contribution is 5.69. The van der Waals surface area contributed by atoms with Crippen LogP contribution in [0.25, 0.3) is 0 Å². The van der Waals surface area contributed by atoms with Crippen LogP contribution in [0.3, 0.4) is 0 Å². The van der Waals surface area contributed by atoms with Crippen molar-refractivity contribution in [2.75, 3.05) is 84.6 Å². The lowest BCUT2D eigenvalue weighted by Gasteiger charge is -2.46. The molecule has 11 heteroatoms. The van der Waals surface area contributed by atoms with Gasteiger partial charge in [-0.05, 0) is 26.2 Å². The van der Waals surface area contributed by atoms with Crippen LogP contribution in [-0.4, -0.2) is 130 Å². The summed E-state index contributed by atoms with van der Waals surface area (Å²) < 4.78 is 45.0. The molecule has 1 aromatic rings. The normalized spacial score (nSPS) is 28.1. The van der Waals surface area contributed by atoms with Crippen molar-refractivity contribution in [3.8, 4) is 0 Å². The average Bonchev–Trinajstić information content (AvgIpc) is 2.82. The number of morpholine rings is 2. The number of piperazine rings is 1. The van der Waals surface area contributed by atoms with Crippen LogP contribution in [0.4, 0.5) is 19.3 Å². The van der Waals surface area contributed by atoms with Crippen LogP contribution in [0, 0.1) is 11.6 Å². The lowest BCUT2D eigenvalue weighted by molar-refractivity contribution is -0.108. The summed E-state index contributed by atoms with van der Waals surface area (Å²) in [7, 11) is 3.93. The van der Waals surface area contributed by atoms with Crippen molar-refractivity contribution in [1.82, 2.24) is 14.7 Å². The molecule has 3 heterocycles. The number of benzene rings is 1. The number of hydrogen-bond acceptors (Lipinski definition) is 8. The number of halogens is 2. The van der Waals surface area contributed by atoms with Gasteiger partial charge in [-0.25, -0.2) is 13.6 Å². The molecular weight excluding hydrogens is 450 g/mol. The van der Waals surface area contributed by atoms with Gasteiger partial charge in [0, 0.05) is 51.9 Å². The highest BCUT2D eigenvalue weighted by Gasteiger charge is 2.41. The molecule has 3 aliphatic rings. The molecule has 9 nitrogen and oxygen atoms in total. The second-order valence-electron chi connectivity index (χ2n) is 9.30. The van der Waals surface area contributed by atoms with Crippen molar-refractivity contribution in [2.24, 2.45) is 0 Å². The first-order valence-electron chi connectivity index (χ1n) is 11.7. The van der Waals surface area contributed by atoms with E-state index in [4.69, 9.17) is 14.2 Å². The van der Waals surface area contributed by atoms with Gasteiger partial charge in [-0.15, -0.1) is 0 Å².